The smallest absolute Gasteiger partial charge is 0.352 e. The van der Waals surface area contributed by atoms with Crippen LogP contribution in [-0.4, -0.2) is 23.1 Å². The third kappa shape index (κ3) is 3.04. The second kappa shape index (κ2) is 5.98. The lowest BCUT2D eigenvalue weighted by atomic mass is 10.1. The molecule has 1 aliphatic heterocycles. The summed E-state index contributed by atoms with van der Waals surface area (Å²) in [6.07, 6.45) is 0.882. The van der Waals surface area contributed by atoms with Crippen molar-refractivity contribution in [2.45, 2.75) is 26.5 Å². The summed E-state index contributed by atoms with van der Waals surface area (Å²) in [6, 6.07) is 4.10. The standard InChI is InChI=1S/C16H17F2N3O2/c1-10-12(17)6-11(7-13(10)18)9-23-14-8-15-20(2)4-3-5-21(15)16(22)19-14/h6-8H,3-5,9H2,1-2H3. The summed E-state index contributed by atoms with van der Waals surface area (Å²) < 4.78 is 34.1. The zero-order chi connectivity index (χ0) is 16.6. The van der Waals surface area contributed by atoms with Gasteiger partial charge in [-0.15, -0.1) is 0 Å². The summed E-state index contributed by atoms with van der Waals surface area (Å²) in [7, 11) is 1.89. The van der Waals surface area contributed by atoms with Gasteiger partial charge in [0.1, 0.15) is 24.1 Å². The van der Waals surface area contributed by atoms with Gasteiger partial charge in [0, 0.05) is 31.8 Å². The summed E-state index contributed by atoms with van der Waals surface area (Å²) in [5.74, 6) is -0.368. The van der Waals surface area contributed by atoms with E-state index < -0.39 is 11.6 Å². The molecule has 0 saturated heterocycles. The van der Waals surface area contributed by atoms with Gasteiger partial charge < -0.3 is 9.64 Å². The molecule has 0 atom stereocenters. The van der Waals surface area contributed by atoms with Crippen molar-refractivity contribution >= 4 is 5.82 Å². The minimum atomic E-state index is -0.623. The molecule has 0 spiro atoms. The zero-order valence-electron chi connectivity index (χ0n) is 13.0. The third-order valence-corrected chi connectivity index (χ3v) is 3.96. The van der Waals surface area contributed by atoms with Crippen molar-refractivity contribution in [2.24, 2.45) is 0 Å². The Morgan fingerprint density at radius 1 is 1.22 bits per heavy atom. The molecule has 1 aromatic heterocycles. The van der Waals surface area contributed by atoms with E-state index in [0.29, 0.717) is 12.1 Å². The molecule has 0 unspecified atom stereocenters. The van der Waals surface area contributed by atoms with Crippen LogP contribution in [0, 0.1) is 18.6 Å². The highest BCUT2D eigenvalue weighted by atomic mass is 19.1. The molecule has 0 fully saturated rings. The van der Waals surface area contributed by atoms with Crippen molar-refractivity contribution in [1.82, 2.24) is 9.55 Å². The number of hydrogen-bond acceptors (Lipinski definition) is 4. The van der Waals surface area contributed by atoms with Crippen molar-refractivity contribution in [3.8, 4) is 5.88 Å². The van der Waals surface area contributed by atoms with Gasteiger partial charge in [-0.05, 0) is 31.0 Å². The summed E-state index contributed by atoms with van der Waals surface area (Å²) in [5, 5.41) is 0. The van der Waals surface area contributed by atoms with Crippen LogP contribution < -0.4 is 15.3 Å². The Hall–Kier alpha value is -2.44. The van der Waals surface area contributed by atoms with Gasteiger partial charge in [0.05, 0.1) is 0 Å². The molecule has 2 aromatic rings. The summed E-state index contributed by atoms with van der Waals surface area (Å²) in [4.78, 5) is 17.8. The van der Waals surface area contributed by atoms with E-state index in [0.717, 1.165) is 18.8 Å². The topological polar surface area (TPSA) is 47.4 Å². The van der Waals surface area contributed by atoms with Crippen LogP contribution in [-0.2, 0) is 13.2 Å². The van der Waals surface area contributed by atoms with E-state index in [4.69, 9.17) is 4.74 Å². The fraction of sp³-hybridized carbons (Fsp3) is 0.375. The molecule has 0 amide bonds. The van der Waals surface area contributed by atoms with Crippen LogP contribution in [0.15, 0.2) is 23.0 Å². The molecule has 1 aromatic carbocycles. The molecule has 0 bridgehead atoms. The van der Waals surface area contributed by atoms with Crippen LogP contribution in [0.1, 0.15) is 17.5 Å². The van der Waals surface area contributed by atoms with Crippen LogP contribution in [0.3, 0.4) is 0 Å². The number of anilines is 1. The van der Waals surface area contributed by atoms with Crippen molar-refractivity contribution in [3.05, 3.63) is 51.4 Å². The predicted molar refractivity (Wildman–Crippen MR) is 81.8 cm³/mol. The van der Waals surface area contributed by atoms with E-state index in [9.17, 15) is 13.6 Å². The lowest BCUT2D eigenvalue weighted by molar-refractivity contribution is 0.289. The first-order chi connectivity index (χ1) is 11.0. The Balaban J connectivity index is 1.83. The third-order valence-electron chi connectivity index (χ3n) is 3.96. The Bertz CT molecular complexity index is 781. The van der Waals surface area contributed by atoms with Gasteiger partial charge in [0.2, 0.25) is 5.88 Å². The highest BCUT2D eigenvalue weighted by Crippen LogP contribution is 2.21. The van der Waals surface area contributed by atoms with Crippen LogP contribution in [0.4, 0.5) is 14.6 Å². The van der Waals surface area contributed by atoms with Crippen molar-refractivity contribution in [1.29, 1.82) is 0 Å². The van der Waals surface area contributed by atoms with E-state index >= 15 is 0 Å². The molecule has 23 heavy (non-hydrogen) atoms. The van der Waals surface area contributed by atoms with Gasteiger partial charge in [-0.3, -0.25) is 4.57 Å². The van der Waals surface area contributed by atoms with Gasteiger partial charge in [0.15, 0.2) is 0 Å². The number of hydrogen-bond donors (Lipinski definition) is 0. The minimum Gasteiger partial charge on any atom is -0.473 e. The van der Waals surface area contributed by atoms with E-state index in [2.05, 4.69) is 4.98 Å². The van der Waals surface area contributed by atoms with Crippen LogP contribution >= 0.6 is 0 Å². The SMILES string of the molecule is Cc1c(F)cc(COc2cc3n(c(=O)n2)CCCN3C)cc1F. The Kier molecular flexibility index (Phi) is 4.02. The normalized spacial score (nSPS) is 13.8. The Labute approximate surface area is 132 Å². The van der Waals surface area contributed by atoms with Gasteiger partial charge in [0.25, 0.3) is 0 Å². The summed E-state index contributed by atoms with van der Waals surface area (Å²) in [5.41, 5.74) is -0.0654. The molecule has 7 heteroatoms. The van der Waals surface area contributed by atoms with Crippen molar-refractivity contribution in [3.63, 3.8) is 0 Å². The van der Waals surface area contributed by atoms with Crippen LogP contribution in [0.25, 0.3) is 0 Å². The van der Waals surface area contributed by atoms with E-state index in [1.165, 1.54) is 19.1 Å². The molecule has 5 nitrogen and oxygen atoms in total. The highest BCUT2D eigenvalue weighted by molar-refractivity contribution is 5.42. The number of ether oxygens (including phenoxy) is 1. The number of aromatic nitrogens is 2. The molecule has 0 radical (unpaired) electrons. The number of benzene rings is 1. The first kappa shape index (κ1) is 15.5. The molecule has 1 aliphatic rings. The van der Waals surface area contributed by atoms with Crippen molar-refractivity contribution < 1.29 is 13.5 Å². The average Bonchev–Trinajstić information content (AvgIpc) is 2.51. The maximum Gasteiger partial charge on any atom is 0.352 e. The molecule has 0 N–H and O–H groups in total. The maximum absolute atomic E-state index is 13.5. The largest absolute Gasteiger partial charge is 0.473 e. The molecular weight excluding hydrogens is 304 g/mol. The second-order valence-corrected chi connectivity index (χ2v) is 5.64. The molecular formula is C16H17F2N3O2. The Morgan fingerprint density at radius 3 is 2.61 bits per heavy atom. The van der Waals surface area contributed by atoms with E-state index in [-0.39, 0.29) is 23.7 Å². The maximum atomic E-state index is 13.5. The summed E-state index contributed by atoms with van der Waals surface area (Å²) >= 11 is 0. The number of nitrogens with zero attached hydrogens (tertiary/aromatic N) is 3. The predicted octanol–water partition coefficient (Wildman–Crippen LogP) is 2.25. The van der Waals surface area contributed by atoms with Gasteiger partial charge in [-0.1, -0.05) is 0 Å². The average molecular weight is 321 g/mol. The van der Waals surface area contributed by atoms with Crippen molar-refractivity contribution in [2.75, 3.05) is 18.5 Å². The molecule has 122 valence electrons. The summed E-state index contributed by atoms with van der Waals surface area (Å²) in [6.45, 7) is 2.78. The highest BCUT2D eigenvalue weighted by Gasteiger charge is 2.17. The fourth-order valence-electron chi connectivity index (χ4n) is 2.59. The lowest BCUT2D eigenvalue weighted by Gasteiger charge is -2.28. The number of halogens is 2. The molecule has 0 saturated carbocycles. The lowest BCUT2D eigenvalue weighted by Crippen LogP contribution is -2.36. The minimum absolute atomic E-state index is 0.0273. The molecule has 2 heterocycles. The van der Waals surface area contributed by atoms with Gasteiger partial charge >= 0.3 is 5.69 Å². The number of fused-ring (bicyclic) bond motifs is 1. The first-order valence-corrected chi connectivity index (χ1v) is 7.36. The molecule has 0 aliphatic carbocycles. The van der Waals surface area contributed by atoms with E-state index in [1.54, 1.807) is 10.6 Å². The quantitative estimate of drug-likeness (QED) is 0.870. The van der Waals surface area contributed by atoms with Gasteiger partial charge in [-0.25, -0.2) is 13.6 Å². The molecule has 3 rings (SSSR count). The first-order valence-electron chi connectivity index (χ1n) is 7.36. The van der Waals surface area contributed by atoms with Crippen LogP contribution in [0.5, 0.6) is 5.88 Å². The van der Waals surface area contributed by atoms with E-state index in [1.807, 2.05) is 11.9 Å². The second-order valence-electron chi connectivity index (χ2n) is 5.64. The van der Waals surface area contributed by atoms with Gasteiger partial charge in [-0.2, -0.15) is 4.98 Å². The number of rotatable bonds is 3. The van der Waals surface area contributed by atoms with Crippen LogP contribution in [0.2, 0.25) is 0 Å². The fourth-order valence-corrected chi connectivity index (χ4v) is 2.59. The zero-order valence-corrected chi connectivity index (χ0v) is 13.0. The Morgan fingerprint density at radius 2 is 1.91 bits per heavy atom. The monoisotopic (exact) mass is 321 g/mol.